The minimum Gasteiger partial charge on any atom is -0.436 e. The van der Waals surface area contributed by atoms with Crippen LogP contribution in [-0.2, 0) is 25.7 Å². The Kier molecular flexibility index (Phi) is 3.88. The Morgan fingerprint density at radius 1 is 1.37 bits per heavy atom. The van der Waals surface area contributed by atoms with Crippen molar-refractivity contribution < 1.29 is 22.8 Å². The van der Waals surface area contributed by atoms with Gasteiger partial charge in [-0.3, -0.25) is 9.47 Å². The number of halogens is 3. The lowest BCUT2D eigenvalue weighted by Crippen LogP contribution is -2.46. The van der Waals surface area contributed by atoms with Crippen LogP contribution in [0.5, 0.6) is 6.01 Å². The third kappa shape index (κ3) is 3.34. The third-order valence-electron chi connectivity index (χ3n) is 4.73. The van der Waals surface area contributed by atoms with Crippen LogP contribution in [0.1, 0.15) is 23.9 Å². The first-order valence-corrected chi connectivity index (χ1v) is 8.32. The van der Waals surface area contributed by atoms with Crippen LogP contribution in [0.2, 0.25) is 0 Å². The van der Waals surface area contributed by atoms with E-state index in [-0.39, 0.29) is 11.8 Å². The van der Waals surface area contributed by atoms with Gasteiger partial charge in [-0.1, -0.05) is 6.07 Å². The number of hydrogen-bond donors (Lipinski definition) is 0. The lowest BCUT2D eigenvalue weighted by atomic mass is 10.0. The van der Waals surface area contributed by atoms with Crippen LogP contribution in [0, 0.1) is 10.1 Å². The molecule has 2 aliphatic rings. The van der Waals surface area contributed by atoms with Gasteiger partial charge in [0.1, 0.15) is 17.5 Å². The van der Waals surface area contributed by atoms with Gasteiger partial charge >= 0.3 is 18.0 Å². The molecule has 0 bridgehead atoms. The van der Waals surface area contributed by atoms with E-state index in [0.717, 1.165) is 11.6 Å². The number of pyridine rings is 1. The number of ether oxygens (including phenoxy) is 1. The first kappa shape index (κ1) is 17.7. The highest BCUT2D eigenvalue weighted by molar-refractivity contribution is 5.27. The number of nitrogens with zero attached hydrogens (tertiary/aromatic N) is 5. The Morgan fingerprint density at radius 3 is 2.81 bits per heavy atom. The van der Waals surface area contributed by atoms with Crippen LogP contribution in [0.25, 0.3) is 0 Å². The fourth-order valence-electron chi connectivity index (χ4n) is 3.60. The molecule has 0 saturated heterocycles. The maximum Gasteiger partial charge on any atom is 0.433 e. The van der Waals surface area contributed by atoms with Gasteiger partial charge in [-0.15, -0.1) is 0 Å². The summed E-state index contributed by atoms with van der Waals surface area (Å²) in [7, 11) is 0. The number of aromatic nitrogens is 3. The van der Waals surface area contributed by atoms with Crippen LogP contribution in [0.15, 0.2) is 18.3 Å². The van der Waals surface area contributed by atoms with Crippen molar-refractivity contribution >= 4 is 5.82 Å². The van der Waals surface area contributed by atoms with E-state index in [1.54, 1.807) is 4.57 Å². The molecule has 144 valence electrons. The van der Waals surface area contributed by atoms with E-state index in [9.17, 15) is 23.3 Å². The molecule has 1 atom stereocenters. The van der Waals surface area contributed by atoms with Gasteiger partial charge in [-0.05, 0) is 23.5 Å². The molecule has 8 nitrogen and oxygen atoms in total. The zero-order valence-electron chi connectivity index (χ0n) is 14.4. The average molecular weight is 383 g/mol. The monoisotopic (exact) mass is 383 g/mol. The zero-order valence-corrected chi connectivity index (χ0v) is 14.4. The number of imidazole rings is 1. The molecule has 0 radical (unpaired) electrons. The van der Waals surface area contributed by atoms with Crippen molar-refractivity contribution in [1.82, 2.24) is 19.4 Å². The highest BCUT2D eigenvalue weighted by Crippen LogP contribution is 2.33. The maximum absolute atomic E-state index is 12.8. The van der Waals surface area contributed by atoms with Crippen molar-refractivity contribution in [3.8, 4) is 6.01 Å². The zero-order chi connectivity index (χ0) is 19.4. The summed E-state index contributed by atoms with van der Waals surface area (Å²) in [5, 5.41) is 10.8. The molecule has 4 rings (SSSR count). The smallest absolute Gasteiger partial charge is 0.433 e. The molecule has 4 heterocycles. The summed E-state index contributed by atoms with van der Waals surface area (Å²) in [5.41, 5.74) is -0.243. The summed E-state index contributed by atoms with van der Waals surface area (Å²) in [6.45, 7) is 3.85. The second-order valence-corrected chi connectivity index (χ2v) is 7.08. The first-order valence-electron chi connectivity index (χ1n) is 8.32. The highest BCUT2D eigenvalue weighted by Gasteiger charge is 2.42. The molecule has 0 spiro atoms. The molecule has 27 heavy (non-hydrogen) atoms. The van der Waals surface area contributed by atoms with Gasteiger partial charge in [0.15, 0.2) is 0 Å². The van der Waals surface area contributed by atoms with E-state index in [1.807, 2.05) is 6.92 Å². The SMILES string of the molecule is C[C@]1(CN2CCc3nc(C(F)(F)F)ccc3C2)Cn2cc([N+](=O)[O-])nc2O1. The van der Waals surface area contributed by atoms with Crippen molar-refractivity contribution in [2.24, 2.45) is 0 Å². The molecular weight excluding hydrogens is 367 g/mol. The largest absolute Gasteiger partial charge is 0.436 e. The minimum atomic E-state index is -4.44. The van der Waals surface area contributed by atoms with Gasteiger partial charge in [-0.25, -0.2) is 4.98 Å². The van der Waals surface area contributed by atoms with Crippen LogP contribution in [0.3, 0.4) is 0 Å². The van der Waals surface area contributed by atoms with Crippen LogP contribution in [0.4, 0.5) is 19.0 Å². The molecule has 2 aliphatic heterocycles. The quantitative estimate of drug-likeness (QED) is 0.598. The molecule has 0 aromatic carbocycles. The maximum atomic E-state index is 12.8. The Balaban J connectivity index is 1.44. The molecule has 2 aromatic heterocycles. The summed E-state index contributed by atoms with van der Waals surface area (Å²) in [6.07, 6.45) is -2.68. The fourth-order valence-corrected chi connectivity index (χ4v) is 3.60. The van der Waals surface area contributed by atoms with Gasteiger partial charge in [0.2, 0.25) is 0 Å². The van der Waals surface area contributed by atoms with E-state index in [0.29, 0.717) is 38.3 Å². The van der Waals surface area contributed by atoms with Gasteiger partial charge < -0.3 is 14.9 Å². The lowest BCUT2D eigenvalue weighted by Gasteiger charge is -2.34. The van der Waals surface area contributed by atoms with Crippen molar-refractivity contribution in [1.29, 1.82) is 0 Å². The number of rotatable bonds is 3. The Bertz CT molecular complexity index is 888. The van der Waals surface area contributed by atoms with E-state index < -0.39 is 22.4 Å². The first-order chi connectivity index (χ1) is 12.6. The van der Waals surface area contributed by atoms with Crippen molar-refractivity contribution in [2.75, 3.05) is 13.1 Å². The fraction of sp³-hybridized carbons (Fsp3) is 0.500. The van der Waals surface area contributed by atoms with Crippen molar-refractivity contribution in [2.45, 2.75) is 38.2 Å². The van der Waals surface area contributed by atoms with Crippen LogP contribution in [-0.4, -0.2) is 43.0 Å². The normalized spacial score (nSPS) is 22.2. The lowest BCUT2D eigenvalue weighted by molar-refractivity contribution is -0.389. The van der Waals surface area contributed by atoms with Crippen LogP contribution < -0.4 is 4.74 Å². The van der Waals surface area contributed by atoms with E-state index in [4.69, 9.17) is 4.74 Å². The van der Waals surface area contributed by atoms with E-state index >= 15 is 0 Å². The topological polar surface area (TPSA) is 86.3 Å². The molecule has 2 aromatic rings. The van der Waals surface area contributed by atoms with Crippen molar-refractivity contribution in [3.63, 3.8) is 0 Å². The number of fused-ring (bicyclic) bond motifs is 2. The molecule has 0 amide bonds. The number of alkyl halides is 3. The van der Waals surface area contributed by atoms with E-state index in [2.05, 4.69) is 14.9 Å². The summed E-state index contributed by atoms with van der Waals surface area (Å²) >= 11 is 0. The number of hydrogen-bond acceptors (Lipinski definition) is 6. The molecule has 0 saturated carbocycles. The third-order valence-corrected chi connectivity index (χ3v) is 4.73. The average Bonchev–Trinajstić information content (AvgIpc) is 3.08. The van der Waals surface area contributed by atoms with Crippen LogP contribution >= 0.6 is 0 Å². The predicted octanol–water partition coefficient (Wildman–Crippen LogP) is 2.41. The molecule has 0 unspecified atom stereocenters. The summed E-state index contributed by atoms with van der Waals surface area (Å²) < 4.78 is 45.8. The van der Waals surface area contributed by atoms with Gasteiger partial charge in [0.25, 0.3) is 0 Å². The van der Waals surface area contributed by atoms with Gasteiger partial charge in [-0.2, -0.15) is 13.2 Å². The minimum absolute atomic E-state index is 0.207. The molecule has 11 heteroatoms. The predicted molar refractivity (Wildman–Crippen MR) is 86.1 cm³/mol. The van der Waals surface area contributed by atoms with Gasteiger partial charge in [0, 0.05) is 36.7 Å². The number of nitro groups is 1. The molecular formula is C16H16F3N5O3. The molecule has 0 aliphatic carbocycles. The van der Waals surface area contributed by atoms with Crippen molar-refractivity contribution in [3.05, 3.63) is 45.4 Å². The van der Waals surface area contributed by atoms with Gasteiger partial charge in [0.05, 0.1) is 6.54 Å². The summed E-state index contributed by atoms with van der Waals surface area (Å²) in [5.74, 6) is -0.259. The standard InChI is InChI=1S/C16H16F3N5O3/c1-15(9-23-7-13(24(25)26)21-14(23)27-15)8-22-5-4-11-10(6-22)2-3-12(20-11)16(17,18)19/h2-3,7H,4-6,8-9H2,1H3/t15-/m0/s1. The summed E-state index contributed by atoms with van der Waals surface area (Å²) in [4.78, 5) is 19.9. The molecule has 0 N–H and O–H groups in total. The Morgan fingerprint density at radius 2 is 2.15 bits per heavy atom. The Hall–Kier alpha value is -2.69. The Labute approximate surface area is 151 Å². The highest BCUT2D eigenvalue weighted by atomic mass is 19.4. The molecule has 0 fully saturated rings. The second kappa shape index (κ2) is 5.91. The second-order valence-electron chi connectivity index (χ2n) is 7.08. The van der Waals surface area contributed by atoms with E-state index in [1.165, 1.54) is 12.3 Å². The summed E-state index contributed by atoms with van der Waals surface area (Å²) in [6, 6.07) is 2.69.